The highest BCUT2D eigenvalue weighted by molar-refractivity contribution is 8.04. The zero-order valence-corrected chi connectivity index (χ0v) is 17.8. The van der Waals surface area contributed by atoms with Crippen molar-refractivity contribution in [1.29, 1.82) is 0 Å². The summed E-state index contributed by atoms with van der Waals surface area (Å²) in [7, 11) is 0. The molecule has 0 atom stereocenters. The Bertz CT molecular complexity index is 1010. The second-order valence-corrected chi connectivity index (χ2v) is 8.49. The van der Waals surface area contributed by atoms with Gasteiger partial charge in [0.1, 0.15) is 16.4 Å². The molecule has 4 rings (SSSR count). The number of halogens is 1. The number of para-hydroxylation sites is 1. The molecule has 0 unspecified atom stereocenters. The van der Waals surface area contributed by atoms with Gasteiger partial charge in [0.25, 0.3) is 11.8 Å². The molecule has 1 aromatic carbocycles. The number of rotatable bonds is 4. The zero-order valence-electron chi connectivity index (χ0n) is 17.0. The second kappa shape index (κ2) is 8.55. The first kappa shape index (κ1) is 20.5. The van der Waals surface area contributed by atoms with Gasteiger partial charge < -0.3 is 4.90 Å². The number of hydrogen-bond donors (Lipinski definition) is 0. The quantitative estimate of drug-likeness (QED) is 0.544. The zero-order chi connectivity index (χ0) is 21.3. The van der Waals surface area contributed by atoms with Crippen LogP contribution in [0.2, 0.25) is 0 Å². The molecule has 2 amide bonds. The van der Waals surface area contributed by atoms with Gasteiger partial charge in [-0.25, -0.2) is 19.3 Å². The molecular weight excluding hydrogens is 403 g/mol. The summed E-state index contributed by atoms with van der Waals surface area (Å²) in [5, 5.41) is 0.409. The Labute approximate surface area is 179 Å². The third-order valence-electron chi connectivity index (χ3n) is 5.19. The van der Waals surface area contributed by atoms with Gasteiger partial charge in [0.05, 0.1) is 5.69 Å². The number of carbonyl (C=O) groups excluding carboxylic acids is 2. The fourth-order valence-corrected chi connectivity index (χ4v) is 4.90. The molecule has 0 N–H and O–H groups in total. The molecule has 0 saturated carbocycles. The number of nitrogens with zero attached hydrogens (tertiary/aromatic N) is 4. The number of aryl methyl sites for hydroxylation is 2. The number of thioether (sulfide) groups is 1. The molecule has 2 aromatic rings. The molecule has 8 heteroatoms. The van der Waals surface area contributed by atoms with Gasteiger partial charge in [-0.1, -0.05) is 25.0 Å². The van der Waals surface area contributed by atoms with E-state index in [-0.39, 0.29) is 10.6 Å². The molecule has 2 aliphatic rings. The molecule has 0 radical (unpaired) electrons. The summed E-state index contributed by atoms with van der Waals surface area (Å²) in [5.74, 6) is -1.63. The molecule has 6 nitrogen and oxygen atoms in total. The van der Waals surface area contributed by atoms with Crippen LogP contribution < -0.4 is 4.90 Å². The van der Waals surface area contributed by atoms with Gasteiger partial charge in [-0.3, -0.25) is 9.59 Å². The van der Waals surface area contributed by atoms with E-state index < -0.39 is 17.6 Å². The molecule has 1 aromatic heterocycles. The minimum Gasteiger partial charge on any atom is -0.366 e. The summed E-state index contributed by atoms with van der Waals surface area (Å²) in [6, 6.07) is 7.70. The van der Waals surface area contributed by atoms with E-state index in [4.69, 9.17) is 0 Å². The van der Waals surface area contributed by atoms with Gasteiger partial charge in [0.2, 0.25) is 0 Å². The van der Waals surface area contributed by atoms with Crippen molar-refractivity contribution in [3.8, 4) is 0 Å². The predicted molar refractivity (Wildman–Crippen MR) is 113 cm³/mol. The van der Waals surface area contributed by atoms with Gasteiger partial charge in [0, 0.05) is 24.5 Å². The lowest BCUT2D eigenvalue weighted by Crippen LogP contribution is -2.36. The second-order valence-electron chi connectivity index (χ2n) is 7.51. The Balaban J connectivity index is 1.78. The third kappa shape index (κ3) is 3.96. The van der Waals surface area contributed by atoms with Gasteiger partial charge in [-0.2, -0.15) is 0 Å². The molecule has 0 spiro atoms. The van der Waals surface area contributed by atoms with E-state index in [9.17, 15) is 14.0 Å². The van der Waals surface area contributed by atoms with Crippen molar-refractivity contribution < 1.29 is 14.0 Å². The molecular formula is C22H23FN4O2S. The number of hydrogen-bond acceptors (Lipinski definition) is 6. The number of likely N-dealkylation sites (tertiary alicyclic amines) is 1. The topological polar surface area (TPSA) is 66.4 Å². The predicted octanol–water partition coefficient (Wildman–Crippen LogP) is 3.99. The summed E-state index contributed by atoms with van der Waals surface area (Å²) in [5.41, 5.74) is 1.86. The number of carbonyl (C=O) groups is 2. The van der Waals surface area contributed by atoms with E-state index in [1.165, 1.54) is 18.2 Å². The smallest absolute Gasteiger partial charge is 0.283 e. The number of amides is 2. The number of imide groups is 1. The number of anilines is 1. The molecule has 156 valence electrons. The lowest BCUT2D eigenvalue weighted by molar-refractivity contribution is -0.121. The van der Waals surface area contributed by atoms with E-state index in [0.29, 0.717) is 23.9 Å². The first-order valence-corrected chi connectivity index (χ1v) is 10.9. The van der Waals surface area contributed by atoms with Crippen molar-refractivity contribution in [2.45, 2.75) is 44.7 Å². The van der Waals surface area contributed by atoms with E-state index in [1.807, 2.05) is 24.8 Å². The highest BCUT2D eigenvalue weighted by atomic mass is 32.2. The average molecular weight is 427 g/mol. The van der Waals surface area contributed by atoms with Crippen LogP contribution in [0.3, 0.4) is 0 Å². The summed E-state index contributed by atoms with van der Waals surface area (Å²) < 4.78 is 14.5. The maximum atomic E-state index is 14.5. The van der Waals surface area contributed by atoms with Gasteiger partial charge >= 0.3 is 0 Å². The maximum absolute atomic E-state index is 14.5. The Kier molecular flexibility index (Phi) is 5.85. The lowest BCUT2D eigenvalue weighted by Gasteiger charge is -2.24. The highest BCUT2D eigenvalue weighted by Gasteiger charge is 2.43. The van der Waals surface area contributed by atoms with Crippen molar-refractivity contribution in [2.75, 3.05) is 18.0 Å². The fraction of sp³-hybridized carbons (Fsp3) is 0.364. The van der Waals surface area contributed by atoms with Crippen molar-refractivity contribution in [3.05, 3.63) is 58.1 Å². The lowest BCUT2D eigenvalue weighted by atomic mass is 10.2. The Morgan fingerprint density at radius 2 is 1.57 bits per heavy atom. The number of benzene rings is 1. The van der Waals surface area contributed by atoms with Gasteiger partial charge in [-0.05, 0) is 56.7 Å². The summed E-state index contributed by atoms with van der Waals surface area (Å²) in [6.45, 7) is 5.10. The minimum atomic E-state index is -0.608. The van der Waals surface area contributed by atoms with Crippen molar-refractivity contribution in [3.63, 3.8) is 0 Å². The largest absolute Gasteiger partial charge is 0.366 e. The summed E-state index contributed by atoms with van der Waals surface area (Å²) >= 11 is 1.09. The monoisotopic (exact) mass is 426 g/mol. The molecule has 1 saturated heterocycles. The normalized spacial score (nSPS) is 17.7. The third-order valence-corrected chi connectivity index (χ3v) is 6.13. The van der Waals surface area contributed by atoms with Gasteiger partial charge in [-0.15, -0.1) is 0 Å². The Hall–Kier alpha value is -2.74. The average Bonchev–Trinajstić information content (AvgIpc) is 2.87. The van der Waals surface area contributed by atoms with Gasteiger partial charge in [0.15, 0.2) is 5.16 Å². The summed E-state index contributed by atoms with van der Waals surface area (Å²) in [6.07, 6.45) is 4.07. The first-order valence-electron chi connectivity index (χ1n) is 10.1. The molecule has 1 fully saturated rings. The van der Waals surface area contributed by atoms with Crippen molar-refractivity contribution in [2.24, 2.45) is 0 Å². The Morgan fingerprint density at radius 3 is 2.20 bits per heavy atom. The van der Waals surface area contributed by atoms with Crippen LogP contribution in [-0.4, -0.2) is 39.8 Å². The van der Waals surface area contributed by atoms with Crippen molar-refractivity contribution >= 4 is 29.3 Å². The van der Waals surface area contributed by atoms with Crippen molar-refractivity contribution in [1.82, 2.24) is 14.9 Å². The molecule has 30 heavy (non-hydrogen) atoms. The summed E-state index contributed by atoms with van der Waals surface area (Å²) in [4.78, 5) is 38.8. The SMILES string of the molecule is Cc1cc(C)nc(SC2=C(N3CCCCCC3)C(=O)N(c3ccccc3F)C2=O)n1. The van der Waals surface area contributed by atoms with Crippen LogP contribution in [0, 0.1) is 19.7 Å². The van der Waals surface area contributed by atoms with Crippen LogP contribution in [0.5, 0.6) is 0 Å². The van der Waals surface area contributed by atoms with Crippen LogP contribution in [0.25, 0.3) is 0 Å². The maximum Gasteiger partial charge on any atom is 0.283 e. The first-order chi connectivity index (χ1) is 14.5. The molecule has 2 aliphatic heterocycles. The van der Waals surface area contributed by atoms with Crippen LogP contribution >= 0.6 is 11.8 Å². The number of aromatic nitrogens is 2. The Morgan fingerprint density at radius 1 is 0.933 bits per heavy atom. The van der Waals surface area contributed by atoms with E-state index in [0.717, 1.165) is 53.7 Å². The molecule has 3 heterocycles. The minimum absolute atomic E-state index is 0.0308. The van der Waals surface area contributed by atoms with Crippen LogP contribution in [0.4, 0.5) is 10.1 Å². The van der Waals surface area contributed by atoms with E-state index in [2.05, 4.69) is 9.97 Å². The van der Waals surface area contributed by atoms with E-state index >= 15 is 0 Å². The molecule has 0 bridgehead atoms. The highest BCUT2D eigenvalue weighted by Crippen LogP contribution is 2.39. The molecule has 0 aliphatic carbocycles. The van der Waals surface area contributed by atoms with E-state index in [1.54, 1.807) is 6.07 Å². The fourth-order valence-electron chi connectivity index (χ4n) is 3.85. The van der Waals surface area contributed by atoms with Crippen LogP contribution in [0.1, 0.15) is 37.1 Å². The van der Waals surface area contributed by atoms with Crippen LogP contribution in [0.15, 0.2) is 46.1 Å². The standard InChI is InChI=1S/C22H23FN4O2S/c1-14-13-15(2)25-22(24-14)30-19-18(26-11-7-3-4-8-12-26)20(28)27(21(19)29)17-10-6-5-9-16(17)23/h5-6,9-10,13H,3-4,7-8,11-12H2,1-2H3. The van der Waals surface area contributed by atoms with Crippen LogP contribution in [-0.2, 0) is 9.59 Å².